The normalized spacial score (nSPS) is 12.5. The molecule has 2 aromatic rings. The lowest BCUT2D eigenvalue weighted by molar-refractivity contribution is -0.117. The highest BCUT2D eigenvalue weighted by Crippen LogP contribution is 2.25. The minimum absolute atomic E-state index is 0.323. The van der Waals surface area contributed by atoms with Crippen LogP contribution in [0.25, 0.3) is 0 Å². The molecule has 5 nitrogen and oxygen atoms in total. The summed E-state index contributed by atoms with van der Waals surface area (Å²) in [6.07, 6.45) is 3.36. The Kier molecular flexibility index (Phi) is 6.97. The SMILES string of the molecule is CCC(C(=O)Nc1cccc(SC)c1)N(c1ccc(Cl)cc1)S(C)(=O)=O. The third-order valence-corrected chi connectivity index (χ3v) is 5.91. The van der Waals surface area contributed by atoms with E-state index in [0.29, 0.717) is 22.8 Å². The summed E-state index contributed by atoms with van der Waals surface area (Å²) in [6.45, 7) is 1.77. The first kappa shape index (κ1) is 20.6. The van der Waals surface area contributed by atoms with Crippen molar-refractivity contribution < 1.29 is 13.2 Å². The number of carbonyl (C=O) groups is 1. The van der Waals surface area contributed by atoms with E-state index in [4.69, 9.17) is 11.6 Å². The predicted octanol–water partition coefficient (Wildman–Crippen LogP) is 4.25. The molecule has 0 aliphatic carbocycles. The second kappa shape index (κ2) is 8.79. The fourth-order valence-corrected chi connectivity index (χ4v) is 4.37. The van der Waals surface area contributed by atoms with Gasteiger partial charge in [-0.2, -0.15) is 0 Å². The molecule has 2 aromatic carbocycles. The van der Waals surface area contributed by atoms with Crippen LogP contribution >= 0.6 is 23.4 Å². The average molecular weight is 413 g/mol. The van der Waals surface area contributed by atoms with Crippen LogP contribution in [0.3, 0.4) is 0 Å². The first-order chi connectivity index (χ1) is 12.3. The first-order valence-corrected chi connectivity index (χ1v) is 11.4. The van der Waals surface area contributed by atoms with E-state index in [1.807, 2.05) is 24.5 Å². The van der Waals surface area contributed by atoms with Crippen molar-refractivity contribution in [3.05, 3.63) is 53.6 Å². The summed E-state index contributed by atoms with van der Waals surface area (Å²) in [5.74, 6) is -0.383. The molecule has 0 fully saturated rings. The van der Waals surface area contributed by atoms with Crippen LogP contribution in [0.15, 0.2) is 53.4 Å². The van der Waals surface area contributed by atoms with Gasteiger partial charge in [-0.05, 0) is 55.1 Å². The van der Waals surface area contributed by atoms with Crippen LogP contribution in [0.4, 0.5) is 11.4 Å². The molecule has 0 heterocycles. The van der Waals surface area contributed by atoms with Gasteiger partial charge in [-0.3, -0.25) is 9.10 Å². The summed E-state index contributed by atoms with van der Waals surface area (Å²) in [6, 6.07) is 12.9. The van der Waals surface area contributed by atoms with E-state index in [2.05, 4.69) is 5.32 Å². The fourth-order valence-electron chi connectivity index (χ4n) is 2.57. The van der Waals surface area contributed by atoms with E-state index in [1.54, 1.807) is 49.0 Å². The van der Waals surface area contributed by atoms with Crippen molar-refractivity contribution in [1.82, 2.24) is 0 Å². The Morgan fingerprint density at radius 1 is 1.23 bits per heavy atom. The van der Waals surface area contributed by atoms with E-state index in [1.165, 1.54) is 0 Å². The molecule has 26 heavy (non-hydrogen) atoms. The van der Waals surface area contributed by atoms with Crippen LogP contribution in [-0.2, 0) is 14.8 Å². The standard InChI is InChI=1S/C18H21ClN2O3S2/c1-4-17(18(22)20-14-6-5-7-16(12-14)25-2)21(26(3,23)24)15-10-8-13(19)9-11-15/h5-12,17H,4H2,1-3H3,(H,20,22). The van der Waals surface area contributed by atoms with Gasteiger partial charge in [0.1, 0.15) is 6.04 Å². The van der Waals surface area contributed by atoms with Crippen LogP contribution in [0.5, 0.6) is 0 Å². The second-order valence-electron chi connectivity index (χ2n) is 5.68. The number of anilines is 2. The molecule has 0 aliphatic heterocycles. The number of benzene rings is 2. The zero-order chi connectivity index (χ0) is 19.3. The fraction of sp³-hybridized carbons (Fsp3) is 0.278. The Balaban J connectivity index is 2.34. The van der Waals surface area contributed by atoms with Gasteiger partial charge in [0.05, 0.1) is 11.9 Å². The van der Waals surface area contributed by atoms with Crippen LogP contribution < -0.4 is 9.62 Å². The zero-order valence-electron chi connectivity index (χ0n) is 14.8. The van der Waals surface area contributed by atoms with Crippen molar-refractivity contribution in [3.8, 4) is 0 Å². The largest absolute Gasteiger partial charge is 0.324 e. The van der Waals surface area contributed by atoms with Crippen molar-refractivity contribution in [2.75, 3.05) is 22.1 Å². The van der Waals surface area contributed by atoms with Gasteiger partial charge in [0.2, 0.25) is 15.9 Å². The van der Waals surface area contributed by atoms with E-state index in [-0.39, 0.29) is 5.91 Å². The molecular formula is C18H21ClN2O3S2. The molecular weight excluding hydrogens is 392 g/mol. The Labute approximate surface area is 163 Å². The maximum atomic E-state index is 12.8. The molecule has 1 amide bonds. The summed E-state index contributed by atoms with van der Waals surface area (Å²) in [4.78, 5) is 13.8. The molecule has 1 atom stereocenters. The summed E-state index contributed by atoms with van der Waals surface area (Å²) in [5, 5.41) is 3.31. The molecule has 0 saturated carbocycles. The Morgan fingerprint density at radius 3 is 2.42 bits per heavy atom. The van der Waals surface area contributed by atoms with Crippen LogP contribution in [0, 0.1) is 0 Å². The van der Waals surface area contributed by atoms with Gasteiger partial charge in [-0.25, -0.2) is 8.42 Å². The molecule has 140 valence electrons. The number of halogens is 1. The number of hydrogen-bond donors (Lipinski definition) is 1. The first-order valence-electron chi connectivity index (χ1n) is 7.96. The van der Waals surface area contributed by atoms with Crippen molar-refractivity contribution in [2.24, 2.45) is 0 Å². The minimum atomic E-state index is -3.67. The monoisotopic (exact) mass is 412 g/mol. The van der Waals surface area contributed by atoms with Crippen molar-refractivity contribution >= 4 is 50.7 Å². The molecule has 0 radical (unpaired) electrons. The number of amides is 1. The van der Waals surface area contributed by atoms with Gasteiger partial charge >= 0.3 is 0 Å². The van der Waals surface area contributed by atoms with Crippen molar-refractivity contribution in [1.29, 1.82) is 0 Å². The lowest BCUT2D eigenvalue weighted by atomic mass is 10.2. The van der Waals surface area contributed by atoms with E-state index < -0.39 is 16.1 Å². The summed E-state index contributed by atoms with van der Waals surface area (Å²) in [5.41, 5.74) is 1.03. The molecule has 1 N–H and O–H groups in total. The number of hydrogen-bond acceptors (Lipinski definition) is 4. The Bertz CT molecular complexity index is 870. The quantitative estimate of drug-likeness (QED) is 0.690. The molecule has 0 aromatic heterocycles. The zero-order valence-corrected chi connectivity index (χ0v) is 17.2. The molecule has 0 spiro atoms. The topological polar surface area (TPSA) is 66.5 Å². The molecule has 0 saturated heterocycles. The molecule has 0 bridgehead atoms. The van der Waals surface area contributed by atoms with E-state index in [0.717, 1.165) is 15.5 Å². The Hall–Kier alpha value is -1.70. The number of carbonyl (C=O) groups excluding carboxylic acids is 1. The van der Waals surface area contributed by atoms with Gasteiger partial charge in [-0.15, -0.1) is 11.8 Å². The number of thioether (sulfide) groups is 1. The van der Waals surface area contributed by atoms with E-state index in [9.17, 15) is 13.2 Å². The number of nitrogens with zero attached hydrogens (tertiary/aromatic N) is 1. The van der Waals surface area contributed by atoms with Crippen molar-refractivity contribution in [3.63, 3.8) is 0 Å². The van der Waals surface area contributed by atoms with Crippen LogP contribution in [0.1, 0.15) is 13.3 Å². The lowest BCUT2D eigenvalue weighted by Crippen LogP contribution is -2.47. The maximum absolute atomic E-state index is 12.8. The molecule has 2 rings (SSSR count). The minimum Gasteiger partial charge on any atom is -0.324 e. The van der Waals surface area contributed by atoms with Gasteiger partial charge in [0, 0.05) is 15.6 Å². The molecule has 8 heteroatoms. The average Bonchev–Trinajstić information content (AvgIpc) is 2.59. The third-order valence-electron chi connectivity index (χ3n) is 3.75. The van der Waals surface area contributed by atoms with Gasteiger partial charge in [0.25, 0.3) is 0 Å². The maximum Gasteiger partial charge on any atom is 0.248 e. The molecule has 1 unspecified atom stereocenters. The van der Waals surface area contributed by atoms with Gasteiger partial charge < -0.3 is 5.32 Å². The smallest absolute Gasteiger partial charge is 0.248 e. The number of rotatable bonds is 7. The summed E-state index contributed by atoms with van der Waals surface area (Å²) < 4.78 is 25.9. The number of sulfonamides is 1. The Morgan fingerprint density at radius 2 is 1.88 bits per heavy atom. The number of nitrogens with one attached hydrogen (secondary N) is 1. The van der Waals surface area contributed by atoms with Crippen LogP contribution in [0.2, 0.25) is 5.02 Å². The molecule has 0 aliphatic rings. The summed E-state index contributed by atoms with van der Waals surface area (Å²) >= 11 is 7.46. The summed E-state index contributed by atoms with van der Waals surface area (Å²) in [7, 11) is -3.67. The van der Waals surface area contributed by atoms with E-state index >= 15 is 0 Å². The highest BCUT2D eigenvalue weighted by atomic mass is 35.5. The van der Waals surface area contributed by atoms with Gasteiger partial charge in [-0.1, -0.05) is 24.6 Å². The lowest BCUT2D eigenvalue weighted by Gasteiger charge is -2.30. The van der Waals surface area contributed by atoms with Crippen LogP contribution in [-0.4, -0.2) is 32.9 Å². The second-order valence-corrected chi connectivity index (χ2v) is 8.86. The van der Waals surface area contributed by atoms with Gasteiger partial charge in [0.15, 0.2) is 0 Å². The van der Waals surface area contributed by atoms with Crippen molar-refractivity contribution in [2.45, 2.75) is 24.3 Å². The highest BCUT2D eigenvalue weighted by Gasteiger charge is 2.31. The highest BCUT2D eigenvalue weighted by molar-refractivity contribution is 7.98. The predicted molar refractivity (Wildman–Crippen MR) is 110 cm³/mol. The third kappa shape index (κ3) is 5.16.